The molecule has 9 heteroatoms. The number of likely N-dealkylation sites (tertiary alicyclic amines) is 2. The molecular formula is C23H36N6O3. The molecule has 8 atom stereocenters. The van der Waals surface area contributed by atoms with Crippen molar-refractivity contribution in [1.29, 1.82) is 0 Å². The van der Waals surface area contributed by atoms with Crippen molar-refractivity contribution in [3.05, 3.63) is 0 Å². The van der Waals surface area contributed by atoms with E-state index >= 15 is 0 Å². The summed E-state index contributed by atoms with van der Waals surface area (Å²) in [4.78, 5) is 43.4. The molecule has 0 aromatic heterocycles. The van der Waals surface area contributed by atoms with Crippen molar-refractivity contribution in [2.45, 2.75) is 56.3 Å². The van der Waals surface area contributed by atoms with Gasteiger partial charge in [-0.1, -0.05) is 0 Å². The summed E-state index contributed by atoms with van der Waals surface area (Å²) in [6, 6.07) is 0.217. The normalized spacial score (nSPS) is 45.2. The van der Waals surface area contributed by atoms with Gasteiger partial charge in [0.15, 0.2) is 0 Å². The maximum atomic E-state index is 13.3. The van der Waals surface area contributed by atoms with Gasteiger partial charge in [-0.15, -0.1) is 0 Å². The molecular weight excluding hydrogens is 408 g/mol. The number of hydrogen-bond donors (Lipinski definition) is 4. The van der Waals surface area contributed by atoms with Crippen LogP contribution in [0.15, 0.2) is 0 Å². The van der Waals surface area contributed by atoms with Crippen LogP contribution in [0.25, 0.3) is 0 Å². The summed E-state index contributed by atoms with van der Waals surface area (Å²) in [6.45, 7) is 5.59. The highest BCUT2D eigenvalue weighted by Crippen LogP contribution is 2.40. The molecule has 4 N–H and O–H groups in total. The number of rotatable bonds is 2. The molecule has 8 unspecified atom stereocenters. The Morgan fingerprint density at radius 2 is 1.41 bits per heavy atom. The summed E-state index contributed by atoms with van der Waals surface area (Å²) < 4.78 is 0. The minimum Gasteiger partial charge on any atom is -0.355 e. The zero-order valence-electron chi connectivity index (χ0n) is 18.7. The molecule has 9 nitrogen and oxygen atoms in total. The summed E-state index contributed by atoms with van der Waals surface area (Å²) in [6.07, 6.45) is 5.22. The van der Waals surface area contributed by atoms with Gasteiger partial charge in [-0.3, -0.25) is 24.2 Å². The van der Waals surface area contributed by atoms with E-state index in [-0.39, 0.29) is 53.7 Å². The van der Waals surface area contributed by atoms with Gasteiger partial charge < -0.3 is 21.3 Å². The van der Waals surface area contributed by atoms with Crippen LogP contribution in [-0.2, 0) is 14.4 Å². The van der Waals surface area contributed by atoms with E-state index in [0.717, 1.165) is 64.8 Å². The molecule has 0 aromatic rings. The first-order valence-corrected chi connectivity index (χ1v) is 12.7. The topological polar surface area (TPSA) is 106 Å². The maximum absolute atomic E-state index is 13.3. The molecule has 6 fully saturated rings. The quantitative estimate of drug-likeness (QED) is 0.413. The Kier molecular flexibility index (Phi) is 5.38. The maximum Gasteiger partial charge on any atom is 0.237 e. The Hall–Kier alpha value is -1.71. The van der Waals surface area contributed by atoms with Crippen molar-refractivity contribution in [1.82, 2.24) is 31.1 Å². The molecule has 0 bridgehead atoms. The Morgan fingerprint density at radius 3 is 2.28 bits per heavy atom. The summed E-state index contributed by atoms with van der Waals surface area (Å²) in [5.41, 5.74) is 0. The minimum absolute atomic E-state index is 0.00407. The van der Waals surface area contributed by atoms with Gasteiger partial charge in [0, 0.05) is 44.2 Å². The third kappa shape index (κ3) is 3.27. The number of piperidine rings is 5. The monoisotopic (exact) mass is 444 g/mol. The lowest BCUT2D eigenvalue weighted by molar-refractivity contribution is -0.145. The number of fused-ring (bicyclic) bond motifs is 3. The highest BCUT2D eigenvalue weighted by atomic mass is 16.2. The van der Waals surface area contributed by atoms with E-state index in [1.54, 1.807) is 0 Å². The van der Waals surface area contributed by atoms with Gasteiger partial charge in [-0.25, -0.2) is 0 Å². The van der Waals surface area contributed by atoms with Gasteiger partial charge in [0.2, 0.25) is 17.7 Å². The van der Waals surface area contributed by atoms with Gasteiger partial charge in [-0.2, -0.15) is 0 Å². The lowest BCUT2D eigenvalue weighted by Gasteiger charge is -2.55. The molecule has 0 aliphatic carbocycles. The molecule has 0 radical (unpaired) electrons. The fourth-order valence-electron chi connectivity index (χ4n) is 7.88. The van der Waals surface area contributed by atoms with Crippen molar-refractivity contribution >= 4 is 17.7 Å². The second kappa shape index (κ2) is 8.25. The lowest BCUT2D eigenvalue weighted by atomic mass is 9.73. The smallest absolute Gasteiger partial charge is 0.237 e. The molecule has 0 aromatic carbocycles. The van der Waals surface area contributed by atoms with Gasteiger partial charge in [0.1, 0.15) is 0 Å². The first kappa shape index (κ1) is 20.9. The zero-order chi connectivity index (χ0) is 21.8. The molecule has 6 saturated heterocycles. The average molecular weight is 445 g/mol. The van der Waals surface area contributed by atoms with Gasteiger partial charge >= 0.3 is 0 Å². The molecule has 0 spiro atoms. The van der Waals surface area contributed by atoms with Crippen molar-refractivity contribution < 1.29 is 14.4 Å². The van der Waals surface area contributed by atoms with E-state index in [0.29, 0.717) is 24.9 Å². The van der Waals surface area contributed by atoms with Crippen molar-refractivity contribution in [3.8, 4) is 0 Å². The summed E-state index contributed by atoms with van der Waals surface area (Å²) in [7, 11) is 0. The average Bonchev–Trinajstić information content (AvgIpc) is 3.25. The largest absolute Gasteiger partial charge is 0.355 e. The number of hydrogen-bond acceptors (Lipinski definition) is 6. The summed E-state index contributed by atoms with van der Waals surface area (Å²) in [5, 5.41) is 12.8. The molecule has 6 rings (SSSR count). The van der Waals surface area contributed by atoms with Crippen LogP contribution in [0.4, 0.5) is 0 Å². The number of nitrogens with one attached hydrogen (secondary N) is 4. The van der Waals surface area contributed by atoms with Crippen molar-refractivity contribution in [3.63, 3.8) is 0 Å². The molecule has 176 valence electrons. The second-order valence-electron chi connectivity index (χ2n) is 10.7. The highest BCUT2D eigenvalue weighted by Gasteiger charge is 2.54. The fraction of sp³-hybridized carbons (Fsp3) is 0.870. The molecule has 0 saturated carbocycles. The Labute approximate surface area is 189 Å². The van der Waals surface area contributed by atoms with E-state index in [4.69, 9.17) is 0 Å². The van der Waals surface area contributed by atoms with Gasteiger partial charge in [0.25, 0.3) is 0 Å². The van der Waals surface area contributed by atoms with Crippen LogP contribution < -0.4 is 21.3 Å². The molecule has 6 heterocycles. The molecule has 6 aliphatic rings. The lowest BCUT2D eigenvalue weighted by Crippen LogP contribution is -2.72. The van der Waals surface area contributed by atoms with Gasteiger partial charge in [-0.05, 0) is 63.6 Å². The SMILES string of the molecule is O=C1NCC(N2CCCC3C(N4CCC5CCNC(=O)C54)CNC(=O)C32)C2CCNCC12. The Morgan fingerprint density at radius 1 is 0.656 bits per heavy atom. The van der Waals surface area contributed by atoms with Crippen LogP contribution in [0.1, 0.15) is 32.1 Å². The van der Waals surface area contributed by atoms with Crippen molar-refractivity contribution in [2.75, 3.05) is 45.8 Å². The second-order valence-corrected chi connectivity index (χ2v) is 10.7. The number of carbonyl (C=O) groups excluding carboxylic acids is 3. The number of nitrogens with zero attached hydrogens (tertiary/aromatic N) is 2. The van der Waals surface area contributed by atoms with Crippen LogP contribution in [0.3, 0.4) is 0 Å². The van der Waals surface area contributed by atoms with E-state index < -0.39 is 0 Å². The zero-order valence-corrected chi connectivity index (χ0v) is 18.7. The van der Waals surface area contributed by atoms with E-state index in [2.05, 4.69) is 31.1 Å². The van der Waals surface area contributed by atoms with Crippen molar-refractivity contribution in [2.24, 2.45) is 23.7 Å². The van der Waals surface area contributed by atoms with Crippen LogP contribution >= 0.6 is 0 Å². The van der Waals surface area contributed by atoms with E-state index in [9.17, 15) is 14.4 Å². The predicted molar refractivity (Wildman–Crippen MR) is 118 cm³/mol. The predicted octanol–water partition coefficient (Wildman–Crippen LogP) is -1.50. The third-order valence-corrected chi connectivity index (χ3v) is 9.31. The Bertz CT molecular complexity index is 792. The third-order valence-electron chi connectivity index (χ3n) is 9.31. The van der Waals surface area contributed by atoms with E-state index in [1.165, 1.54) is 0 Å². The summed E-state index contributed by atoms with van der Waals surface area (Å²) in [5.74, 6) is 1.45. The van der Waals surface area contributed by atoms with Gasteiger partial charge in [0.05, 0.1) is 18.0 Å². The summed E-state index contributed by atoms with van der Waals surface area (Å²) >= 11 is 0. The minimum atomic E-state index is -0.163. The first-order chi connectivity index (χ1) is 15.6. The van der Waals surface area contributed by atoms with Crippen LogP contribution in [0.5, 0.6) is 0 Å². The standard InChI is InChI=1S/C23H36N6O3/c30-21-16-10-24-6-4-14(16)17(11-26-21)28-8-1-2-15-18(12-27-23(32)20(15)28)29-9-5-13-3-7-25-22(31)19(13)29/h13-20,24H,1-12H2,(H,25,31)(H,26,30)(H,27,32). The molecule has 32 heavy (non-hydrogen) atoms. The first-order valence-electron chi connectivity index (χ1n) is 12.7. The Balaban J connectivity index is 1.26. The molecule has 6 aliphatic heterocycles. The fourth-order valence-corrected chi connectivity index (χ4v) is 7.88. The van der Waals surface area contributed by atoms with Crippen LogP contribution in [0, 0.1) is 23.7 Å². The van der Waals surface area contributed by atoms with E-state index in [1.807, 2.05) is 0 Å². The van der Waals surface area contributed by atoms with Crippen LogP contribution in [0.2, 0.25) is 0 Å². The molecule has 3 amide bonds. The highest BCUT2D eigenvalue weighted by molar-refractivity contribution is 5.85. The number of amides is 3. The number of carbonyl (C=O) groups is 3. The van der Waals surface area contributed by atoms with Crippen LogP contribution in [-0.4, -0.2) is 97.5 Å².